The third-order valence-corrected chi connectivity index (χ3v) is 2.62. The van der Waals surface area contributed by atoms with Crippen molar-refractivity contribution in [1.29, 1.82) is 0 Å². The Balaban J connectivity index is 1.72. The zero-order chi connectivity index (χ0) is 9.10. The van der Waals surface area contributed by atoms with Gasteiger partial charge in [0.2, 0.25) is 0 Å². The van der Waals surface area contributed by atoms with Crippen molar-refractivity contribution in [3.05, 3.63) is 18.5 Å². The summed E-state index contributed by atoms with van der Waals surface area (Å²) in [7, 11) is 2.18. The Morgan fingerprint density at radius 2 is 2.46 bits per heavy atom. The van der Waals surface area contributed by atoms with Gasteiger partial charge in [-0.1, -0.05) is 0 Å². The summed E-state index contributed by atoms with van der Waals surface area (Å²) in [6.45, 7) is 4.33. The lowest BCUT2D eigenvalue weighted by atomic mass is 10.1. The first kappa shape index (κ1) is 8.72. The molecule has 13 heavy (non-hydrogen) atoms. The van der Waals surface area contributed by atoms with E-state index in [0.717, 1.165) is 32.2 Å². The highest BCUT2D eigenvalue weighted by Crippen LogP contribution is 2.01. The van der Waals surface area contributed by atoms with Crippen molar-refractivity contribution < 1.29 is 0 Å². The molecular formula is C9H16N4. The highest BCUT2D eigenvalue weighted by molar-refractivity contribution is 4.83. The Morgan fingerprint density at radius 1 is 1.62 bits per heavy atom. The van der Waals surface area contributed by atoms with Crippen LogP contribution in [0.5, 0.6) is 0 Å². The summed E-state index contributed by atoms with van der Waals surface area (Å²) in [5.74, 6) is 0. The van der Waals surface area contributed by atoms with Crippen LogP contribution in [-0.4, -0.2) is 47.4 Å². The molecule has 0 atom stereocenters. The van der Waals surface area contributed by atoms with Crippen LogP contribution in [0.25, 0.3) is 0 Å². The Morgan fingerprint density at radius 3 is 3.00 bits per heavy atom. The third kappa shape index (κ3) is 2.08. The standard InChI is InChI=1S/C9H16N4/c1-12(9-7-10-8-9)5-6-13-4-2-3-11-13/h2-4,9-10H,5-8H2,1H3. The van der Waals surface area contributed by atoms with Crippen molar-refractivity contribution in [2.24, 2.45) is 0 Å². The predicted octanol–water partition coefficient (Wildman–Crippen LogP) is -0.213. The van der Waals surface area contributed by atoms with Crippen LogP contribution in [0.1, 0.15) is 0 Å². The molecule has 0 aromatic carbocycles. The van der Waals surface area contributed by atoms with Gasteiger partial charge in [0.1, 0.15) is 0 Å². The molecule has 0 bridgehead atoms. The van der Waals surface area contributed by atoms with E-state index in [1.807, 2.05) is 23.1 Å². The molecule has 4 heteroatoms. The first-order valence-corrected chi connectivity index (χ1v) is 4.74. The van der Waals surface area contributed by atoms with Gasteiger partial charge in [0.05, 0.1) is 6.54 Å². The molecule has 4 nitrogen and oxygen atoms in total. The van der Waals surface area contributed by atoms with Gasteiger partial charge in [0.25, 0.3) is 0 Å². The van der Waals surface area contributed by atoms with Crippen molar-refractivity contribution in [3.63, 3.8) is 0 Å². The highest BCUT2D eigenvalue weighted by atomic mass is 15.3. The quantitative estimate of drug-likeness (QED) is 0.696. The van der Waals surface area contributed by atoms with E-state index in [1.165, 1.54) is 0 Å². The smallest absolute Gasteiger partial charge is 0.0536 e. The first-order valence-electron chi connectivity index (χ1n) is 4.74. The van der Waals surface area contributed by atoms with Crippen LogP contribution in [0.3, 0.4) is 0 Å². The molecule has 0 unspecified atom stereocenters. The lowest BCUT2D eigenvalue weighted by Crippen LogP contribution is -2.56. The van der Waals surface area contributed by atoms with Gasteiger partial charge in [-0.05, 0) is 13.1 Å². The van der Waals surface area contributed by atoms with Crippen LogP contribution >= 0.6 is 0 Å². The average molecular weight is 180 g/mol. The molecule has 1 aromatic heterocycles. The number of rotatable bonds is 4. The van der Waals surface area contributed by atoms with E-state index in [0.29, 0.717) is 0 Å². The van der Waals surface area contributed by atoms with Crippen molar-refractivity contribution in [2.75, 3.05) is 26.7 Å². The van der Waals surface area contributed by atoms with E-state index < -0.39 is 0 Å². The van der Waals surface area contributed by atoms with Crippen molar-refractivity contribution in [2.45, 2.75) is 12.6 Å². The van der Waals surface area contributed by atoms with Crippen LogP contribution in [-0.2, 0) is 6.54 Å². The van der Waals surface area contributed by atoms with Gasteiger partial charge < -0.3 is 5.32 Å². The summed E-state index contributed by atoms with van der Waals surface area (Å²) in [4.78, 5) is 2.39. The van der Waals surface area contributed by atoms with Gasteiger partial charge in [0, 0.05) is 38.1 Å². The van der Waals surface area contributed by atoms with Crippen LogP contribution in [0.15, 0.2) is 18.5 Å². The molecule has 1 aliphatic heterocycles. The molecule has 72 valence electrons. The van der Waals surface area contributed by atoms with Crippen molar-refractivity contribution in [1.82, 2.24) is 20.0 Å². The van der Waals surface area contributed by atoms with Gasteiger partial charge >= 0.3 is 0 Å². The molecule has 1 saturated heterocycles. The van der Waals surface area contributed by atoms with Crippen LogP contribution in [0, 0.1) is 0 Å². The largest absolute Gasteiger partial charge is 0.314 e. The summed E-state index contributed by atoms with van der Waals surface area (Å²) in [6.07, 6.45) is 3.83. The molecule has 2 rings (SSSR count). The molecule has 1 fully saturated rings. The predicted molar refractivity (Wildman–Crippen MR) is 51.5 cm³/mol. The fourth-order valence-corrected chi connectivity index (χ4v) is 1.46. The van der Waals surface area contributed by atoms with Gasteiger partial charge in [0.15, 0.2) is 0 Å². The van der Waals surface area contributed by atoms with Crippen molar-refractivity contribution in [3.8, 4) is 0 Å². The Kier molecular flexibility index (Phi) is 2.61. The molecular weight excluding hydrogens is 164 g/mol. The number of nitrogens with one attached hydrogen (secondary N) is 1. The molecule has 1 N–H and O–H groups in total. The van der Waals surface area contributed by atoms with Crippen molar-refractivity contribution >= 4 is 0 Å². The fourth-order valence-electron chi connectivity index (χ4n) is 1.46. The summed E-state index contributed by atoms with van der Waals surface area (Å²) < 4.78 is 1.97. The van der Waals surface area contributed by atoms with E-state index in [4.69, 9.17) is 0 Å². The maximum Gasteiger partial charge on any atom is 0.0536 e. The molecule has 1 aliphatic rings. The Hall–Kier alpha value is -0.870. The van der Waals surface area contributed by atoms with Gasteiger partial charge in [-0.2, -0.15) is 5.10 Å². The van der Waals surface area contributed by atoms with Gasteiger partial charge in [-0.3, -0.25) is 9.58 Å². The monoisotopic (exact) mass is 180 g/mol. The van der Waals surface area contributed by atoms with E-state index in [2.05, 4.69) is 22.4 Å². The number of aromatic nitrogens is 2. The summed E-state index contributed by atoms with van der Waals surface area (Å²) in [6, 6.07) is 2.70. The zero-order valence-electron chi connectivity index (χ0n) is 7.98. The van der Waals surface area contributed by atoms with Crippen LogP contribution < -0.4 is 5.32 Å². The average Bonchev–Trinajstić information content (AvgIpc) is 2.49. The number of hydrogen-bond acceptors (Lipinski definition) is 3. The molecule has 0 spiro atoms. The molecule has 0 radical (unpaired) electrons. The fraction of sp³-hybridized carbons (Fsp3) is 0.667. The lowest BCUT2D eigenvalue weighted by molar-refractivity contribution is 0.173. The SMILES string of the molecule is CN(CCn1cccn1)C1CNC1. The minimum absolute atomic E-state index is 0.732. The maximum absolute atomic E-state index is 4.17. The van der Waals surface area contributed by atoms with E-state index in [-0.39, 0.29) is 0 Å². The van der Waals surface area contributed by atoms with Crippen LogP contribution in [0.4, 0.5) is 0 Å². The lowest BCUT2D eigenvalue weighted by Gasteiger charge is -2.35. The Bertz CT molecular complexity index is 240. The molecule has 0 amide bonds. The third-order valence-electron chi connectivity index (χ3n) is 2.62. The highest BCUT2D eigenvalue weighted by Gasteiger charge is 2.20. The zero-order valence-corrected chi connectivity index (χ0v) is 7.98. The second-order valence-corrected chi connectivity index (χ2v) is 3.56. The van der Waals surface area contributed by atoms with E-state index in [1.54, 1.807) is 0 Å². The Labute approximate surface area is 78.5 Å². The molecule has 0 aliphatic carbocycles. The first-order chi connectivity index (χ1) is 6.36. The van der Waals surface area contributed by atoms with E-state index >= 15 is 0 Å². The topological polar surface area (TPSA) is 33.1 Å². The van der Waals surface area contributed by atoms with Crippen LogP contribution in [0.2, 0.25) is 0 Å². The summed E-state index contributed by atoms with van der Waals surface area (Å²) in [5, 5.41) is 7.44. The normalized spacial score (nSPS) is 17.7. The van der Waals surface area contributed by atoms with Gasteiger partial charge in [-0.15, -0.1) is 0 Å². The molecule has 0 saturated carbocycles. The molecule has 1 aromatic rings. The maximum atomic E-state index is 4.17. The van der Waals surface area contributed by atoms with E-state index in [9.17, 15) is 0 Å². The summed E-state index contributed by atoms with van der Waals surface area (Å²) in [5.41, 5.74) is 0. The minimum atomic E-state index is 0.732. The minimum Gasteiger partial charge on any atom is -0.314 e. The number of likely N-dealkylation sites (N-methyl/N-ethyl adjacent to an activating group) is 1. The summed E-state index contributed by atoms with van der Waals surface area (Å²) >= 11 is 0. The van der Waals surface area contributed by atoms with Gasteiger partial charge in [-0.25, -0.2) is 0 Å². The second kappa shape index (κ2) is 3.89. The second-order valence-electron chi connectivity index (χ2n) is 3.56. The number of nitrogens with zero attached hydrogens (tertiary/aromatic N) is 3. The molecule has 2 heterocycles. The number of hydrogen-bond donors (Lipinski definition) is 1.